The molecule has 1 aliphatic heterocycles. The minimum Gasteiger partial charge on any atom is -0.456 e. The van der Waals surface area contributed by atoms with Crippen molar-refractivity contribution in [3.63, 3.8) is 0 Å². The summed E-state index contributed by atoms with van der Waals surface area (Å²) >= 11 is 0. The Labute approximate surface area is 425 Å². The van der Waals surface area contributed by atoms with E-state index in [0.717, 1.165) is 50.4 Å². The Morgan fingerprint density at radius 2 is 1.05 bits per heavy atom. The van der Waals surface area contributed by atoms with E-state index in [-0.39, 0.29) is 10.8 Å². The average Bonchev–Trinajstić information content (AvgIpc) is 3.97. The molecule has 0 radical (unpaired) electrons. The maximum absolute atomic E-state index is 6.85. The molecular formula is C67H55N5O. The van der Waals surface area contributed by atoms with Gasteiger partial charge in [-0.1, -0.05) is 181 Å². The number of anilines is 2. The molecule has 6 nitrogen and oxygen atoms in total. The van der Waals surface area contributed by atoms with Crippen LogP contribution in [0.25, 0.3) is 93.2 Å². The molecule has 13 rings (SSSR count). The fraction of sp³-hybridized carbons (Fsp3) is 0.134. The second-order valence-electron chi connectivity index (χ2n) is 21.5. The van der Waals surface area contributed by atoms with Gasteiger partial charge in [0.05, 0.1) is 45.8 Å². The zero-order valence-electron chi connectivity index (χ0n) is 42.1. The lowest BCUT2D eigenvalue weighted by Gasteiger charge is -2.23. The molecule has 0 atom stereocenters. The van der Waals surface area contributed by atoms with Crippen LogP contribution in [-0.4, -0.2) is 19.1 Å². The lowest BCUT2D eigenvalue weighted by Crippen LogP contribution is -2.15. The van der Waals surface area contributed by atoms with Crippen molar-refractivity contribution in [1.29, 1.82) is 0 Å². The molecule has 354 valence electrons. The minimum atomic E-state index is -0.0851. The third-order valence-electron chi connectivity index (χ3n) is 14.8. The van der Waals surface area contributed by atoms with E-state index in [1.54, 1.807) is 0 Å². The number of hydrogen-bond acceptors (Lipinski definition) is 4. The minimum absolute atomic E-state index is 0.0289. The standard InChI is InChI=1S/C67H55N5O/c1-66(2,3)46-32-33-69-63(37-46)72-60-28-15-14-24-56(60)57-31-30-49(39-62(57)72)73-50-38-48(40-68-41-50)70-42-71-64-51(45-34-44(43-18-8-7-9-19-43)35-47(36-45)67(4,5)6)25-16-26-58(64)54-22-12-10-20-52(54)53-21-11-13-23-55(53)59-27-17-29-61(70)65(59)71/h7-41H,42H2,1-6H3. The zero-order chi connectivity index (χ0) is 49.6. The number of fused-ring (bicyclic) bond motifs is 10. The first-order valence-corrected chi connectivity index (χ1v) is 25.3. The van der Waals surface area contributed by atoms with Gasteiger partial charge < -0.3 is 14.2 Å². The molecule has 1 aliphatic rings. The number of pyridine rings is 2. The number of aromatic nitrogens is 4. The van der Waals surface area contributed by atoms with Crippen LogP contribution >= 0.6 is 0 Å². The molecule has 5 heterocycles. The molecule has 0 saturated carbocycles. The molecule has 0 aliphatic carbocycles. The van der Waals surface area contributed by atoms with Crippen molar-refractivity contribution >= 4 is 76.5 Å². The SMILES string of the molecule is CC(C)(C)c1cc(-c2ccccc2)cc(-c2cccc3c4ccccc4c4ccccc4c4cccc5c4n(c23)CN5c2cncc(Oc3ccc4c5ccccc5n(-c5cc(C(C)(C)C)ccn5)c4c3)c2)c1. The molecule has 4 aromatic heterocycles. The summed E-state index contributed by atoms with van der Waals surface area (Å²) in [6, 6.07) is 70.7. The van der Waals surface area contributed by atoms with Gasteiger partial charge in [0, 0.05) is 45.4 Å². The number of benzene rings is 8. The summed E-state index contributed by atoms with van der Waals surface area (Å²) in [7, 11) is 0. The number of nitrogens with zero attached hydrogens (tertiary/aromatic N) is 5. The number of ether oxygens (including phenoxy) is 1. The fourth-order valence-electron chi connectivity index (χ4n) is 11.2. The van der Waals surface area contributed by atoms with Crippen molar-refractivity contribution in [3.8, 4) is 39.6 Å². The monoisotopic (exact) mass is 945 g/mol. The van der Waals surface area contributed by atoms with E-state index < -0.39 is 0 Å². The highest BCUT2D eigenvalue weighted by Crippen LogP contribution is 2.46. The van der Waals surface area contributed by atoms with E-state index in [4.69, 9.17) is 14.7 Å². The fourth-order valence-corrected chi connectivity index (χ4v) is 11.2. The van der Waals surface area contributed by atoms with Crippen molar-refractivity contribution in [3.05, 3.63) is 224 Å². The van der Waals surface area contributed by atoms with Gasteiger partial charge in [-0.25, -0.2) is 4.98 Å². The number of hydrogen-bond donors (Lipinski definition) is 0. The second-order valence-corrected chi connectivity index (χ2v) is 21.5. The summed E-state index contributed by atoms with van der Waals surface area (Å²) in [6.07, 6.45) is 5.70. The van der Waals surface area contributed by atoms with Gasteiger partial charge in [0.15, 0.2) is 0 Å². The summed E-state index contributed by atoms with van der Waals surface area (Å²) in [5.41, 5.74) is 13.6. The molecule has 0 saturated heterocycles. The first kappa shape index (κ1) is 44.2. The van der Waals surface area contributed by atoms with Gasteiger partial charge in [-0.15, -0.1) is 0 Å². The van der Waals surface area contributed by atoms with Gasteiger partial charge in [-0.3, -0.25) is 9.55 Å². The van der Waals surface area contributed by atoms with Gasteiger partial charge in [0.1, 0.15) is 24.0 Å². The normalized spacial score (nSPS) is 12.7. The predicted molar refractivity (Wildman–Crippen MR) is 305 cm³/mol. The predicted octanol–water partition coefficient (Wildman–Crippen LogP) is 17.9. The van der Waals surface area contributed by atoms with E-state index in [1.807, 2.05) is 18.6 Å². The summed E-state index contributed by atoms with van der Waals surface area (Å²) in [5.74, 6) is 2.25. The highest BCUT2D eigenvalue weighted by molar-refractivity contribution is 6.22. The van der Waals surface area contributed by atoms with Crippen molar-refractivity contribution in [2.24, 2.45) is 0 Å². The molecule has 0 spiro atoms. The number of para-hydroxylation sites is 3. The van der Waals surface area contributed by atoms with Crippen LogP contribution < -0.4 is 9.64 Å². The Hall–Kier alpha value is -8.74. The topological polar surface area (TPSA) is 48.1 Å². The molecule has 6 heteroatoms. The van der Waals surface area contributed by atoms with E-state index in [2.05, 4.69) is 250 Å². The lowest BCUT2D eigenvalue weighted by atomic mass is 9.83. The highest BCUT2D eigenvalue weighted by atomic mass is 16.5. The Balaban J connectivity index is 1.01. The maximum Gasteiger partial charge on any atom is 0.147 e. The Morgan fingerprint density at radius 1 is 0.438 bits per heavy atom. The first-order chi connectivity index (χ1) is 35.5. The third-order valence-corrected chi connectivity index (χ3v) is 14.8. The molecule has 8 aromatic carbocycles. The van der Waals surface area contributed by atoms with Gasteiger partial charge in [-0.05, 0) is 103 Å². The van der Waals surface area contributed by atoms with Crippen molar-refractivity contribution in [2.75, 3.05) is 4.90 Å². The van der Waals surface area contributed by atoms with Crippen LogP contribution in [0.4, 0.5) is 11.4 Å². The van der Waals surface area contributed by atoms with Gasteiger partial charge >= 0.3 is 0 Å². The molecule has 0 amide bonds. The van der Waals surface area contributed by atoms with Crippen LogP contribution in [0.2, 0.25) is 0 Å². The Bertz CT molecular complexity index is 4240. The van der Waals surface area contributed by atoms with Crippen LogP contribution in [-0.2, 0) is 17.5 Å². The van der Waals surface area contributed by atoms with Crippen molar-refractivity contribution < 1.29 is 4.74 Å². The average molecular weight is 946 g/mol. The quantitative estimate of drug-likeness (QED) is 0.167. The summed E-state index contributed by atoms with van der Waals surface area (Å²) in [5, 5.41) is 9.46. The number of rotatable bonds is 6. The second kappa shape index (κ2) is 17.0. The Morgan fingerprint density at radius 3 is 1.78 bits per heavy atom. The van der Waals surface area contributed by atoms with E-state index >= 15 is 0 Å². The van der Waals surface area contributed by atoms with E-state index in [1.165, 1.54) is 71.1 Å². The zero-order valence-corrected chi connectivity index (χ0v) is 42.1. The summed E-state index contributed by atoms with van der Waals surface area (Å²) in [6.45, 7) is 14.2. The van der Waals surface area contributed by atoms with Gasteiger partial charge in [0.2, 0.25) is 0 Å². The van der Waals surface area contributed by atoms with Gasteiger partial charge in [-0.2, -0.15) is 0 Å². The summed E-state index contributed by atoms with van der Waals surface area (Å²) < 4.78 is 11.7. The molecule has 73 heavy (non-hydrogen) atoms. The molecular weight excluding hydrogens is 891 g/mol. The van der Waals surface area contributed by atoms with Crippen LogP contribution in [0.3, 0.4) is 0 Å². The van der Waals surface area contributed by atoms with Crippen LogP contribution in [0.15, 0.2) is 213 Å². The molecule has 12 aromatic rings. The summed E-state index contributed by atoms with van der Waals surface area (Å²) in [4.78, 5) is 12.2. The van der Waals surface area contributed by atoms with E-state index in [0.29, 0.717) is 12.4 Å². The van der Waals surface area contributed by atoms with Crippen LogP contribution in [0.1, 0.15) is 52.7 Å². The Kier molecular flexibility index (Phi) is 10.3. The first-order valence-electron chi connectivity index (χ1n) is 25.3. The molecule has 0 unspecified atom stereocenters. The van der Waals surface area contributed by atoms with Gasteiger partial charge in [0.25, 0.3) is 0 Å². The largest absolute Gasteiger partial charge is 0.456 e. The van der Waals surface area contributed by atoms with Crippen LogP contribution in [0, 0.1) is 0 Å². The third kappa shape index (κ3) is 7.56. The van der Waals surface area contributed by atoms with Crippen molar-refractivity contribution in [2.45, 2.75) is 59.0 Å². The molecule has 0 fully saturated rings. The van der Waals surface area contributed by atoms with E-state index in [9.17, 15) is 0 Å². The highest BCUT2D eigenvalue weighted by Gasteiger charge is 2.27. The van der Waals surface area contributed by atoms with Crippen LogP contribution in [0.5, 0.6) is 11.5 Å². The molecule has 0 bridgehead atoms. The lowest BCUT2D eigenvalue weighted by molar-refractivity contribution is 0.481. The van der Waals surface area contributed by atoms with Crippen molar-refractivity contribution in [1.82, 2.24) is 19.1 Å². The maximum atomic E-state index is 6.85. The molecule has 0 N–H and O–H groups in total. The smallest absolute Gasteiger partial charge is 0.147 e.